The summed E-state index contributed by atoms with van der Waals surface area (Å²) in [5.41, 5.74) is 4.60. The molecule has 0 saturated carbocycles. The van der Waals surface area contributed by atoms with E-state index < -0.39 is 12.1 Å². The summed E-state index contributed by atoms with van der Waals surface area (Å²) in [6.07, 6.45) is 2.59. The number of unbranched alkanes of at least 4 members (excludes halogenated alkanes) is 2. The van der Waals surface area contributed by atoms with Crippen LogP contribution >= 0.6 is 0 Å². The van der Waals surface area contributed by atoms with Crippen molar-refractivity contribution >= 4 is 12.1 Å². The van der Waals surface area contributed by atoms with Gasteiger partial charge in [-0.15, -0.1) is 0 Å². The highest BCUT2D eigenvalue weighted by atomic mass is 16.6. The smallest absolute Gasteiger partial charge is 0.412 e. The van der Waals surface area contributed by atoms with E-state index in [4.69, 9.17) is 9.84 Å². The van der Waals surface area contributed by atoms with Crippen LogP contribution in [0.5, 0.6) is 5.75 Å². The number of ether oxygens (including phenoxy) is 1. The first-order valence-electron chi connectivity index (χ1n) is 8.53. The molecule has 0 aromatic heterocycles. The molecule has 0 fully saturated rings. The molecule has 0 bridgehead atoms. The summed E-state index contributed by atoms with van der Waals surface area (Å²) in [6, 6.07) is 14.0. The van der Waals surface area contributed by atoms with Crippen molar-refractivity contribution in [3.8, 4) is 16.9 Å². The summed E-state index contributed by atoms with van der Waals surface area (Å²) in [5, 5.41) is 11.3. The minimum absolute atomic E-state index is 0.168. The Morgan fingerprint density at radius 1 is 1.00 bits per heavy atom. The molecule has 1 amide bonds. The third kappa shape index (κ3) is 4.18. The van der Waals surface area contributed by atoms with Crippen molar-refractivity contribution in [3.63, 3.8) is 0 Å². The minimum Gasteiger partial charge on any atom is -0.481 e. The number of carbonyl (C=O) groups is 2. The molecule has 0 atom stereocenters. The highest BCUT2D eigenvalue weighted by molar-refractivity contribution is 5.80. The number of nitrogens with one attached hydrogen (secondary N) is 1. The number of benzene rings is 2. The summed E-state index contributed by atoms with van der Waals surface area (Å²) in [6.45, 7) is 0.480. The predicted molar refractivity (Wildman–Crippen MR) is 94.8 cm³/mol. The van der Waals surface area contributed by atoms with Gasteiger partial charge in [-0.1, -0.05) is 42.8 Å². The van der Waals surface area contributed by atoms with Crippen molar-refractivity contribution in [2.45, 2.75) is 32.1 Å². The topological polar surface area (TPSA) is 75.6 Å². The average Bonchev–Trinajstić information content (AvgIpc) is 2.98. The van der Waals surface area contributed by atoms with Gasteiger partial charge < -0.3 is 15.2 Å². The number of aliphatic carboxylic acids is 1. The molecule has 0 unspecified atom stereocenters. The van der Waals surface area contributed by atoms with Gasteiger partial charge in [0.2, 0.25) is 0 Å². The lowest BCUT2D eigenvalue weighted by Gasteiger charge is -2.10. The standard InChI is InChI=1S/C20H21NO4/c22-19(23)11-2-1-5-12-21-20(24)25-18-10-6-9-16-15-8-4-3-7-14(15)13-17(16)18/h3-4,6-10H,1-2,5,11-13H2,(H,21,24)(H,22,23). The average molecular weight is 339 g/mol. The minimum atomic E-state index is -0.786. The van der Waals surface area contributed by atoms with E-state index in [-0.39, 0.29) is 6.42 Å². The van der Waals surface area contributed by atoms with Gasteiger partial charge >= 0.3 is 12.1 Å². The van der Waals surface area contributed by atoms with Gasteiger partial charge in [0, 0.05) is 24.9 Å². The summed E-state index contributed by atoms with van der Waals surface area (Å²) in [4.78, 5) is 22.4. The molecule has 0 heterocycles. The summed E-state index contributed by atoms with van der Waals surface area (Å²) >= 11 is 0. The van der Waals surface area contributed by atoms with Gasteiger partial charge in [0.1, 0.15) is 5.75 Å². The zero-order valence-corrected chi connectivity index (χ0v) is 14.0. The Labute approximate surface area is 146 Å². The number of fused-ring (bicyclic) bond motifs is 3. The molecule has 1 aliphatic rings. The Morgan fingerprint density at radius 2 is 1.80 bits per heavy atom. The molecule has 25 heavy (non-hydrogen) atoms. The van der Waals surface area contributed by atoms with Crippen molar-refractivity contribution < 1.29 is 19.4 Å². The maximum atomic E-state index is 12.0. The fraction of sp³-hybridized carbons (Fsp3) is 0.300. The molecule has 0 radical (unpaired) electrons. The Kier molecular flexibility index (Phi) is 5.33. The highest BCUT2D eigenvalue weighted by Gasteiger charge is 2.22. The first kappa shape index (κ1) is 17.0. The number of carbonyl (C=O) groups excluding carboxylic acids is 1. The second-order valence-corrected chi connectivity index (χ2v) is 6.14. The largest absolute Gasteiger partial charge is 0.481 e. The highest BCUT2D eigenvalue weighted by Crippen LogP contribution is 2.40. The van der Waals surface area contributed by atoms with Crippen molar-refractivity contribution in [3.05, 3.63) is 53.6 Å². The van der Waals surface area contributed by atoms with E-state index in [9.17, 15) is 9.59 Å². The molecule has 130 valence electrons. The second kappa shape index (κ2) is 7.83. The van der Waals surface area contributed by atoms with E-state index in [1.54, 1.807) is 0 Å². The van der Waals surface area contributed by atoms with Crippen LogP contribution in [-0.2, 0) is 11.2 Å². The normalized spacial score (nSPS) is 11.5. The molecule has 2 N–H and O–H groups in total. The zero-order chi connectivity index (χ0) is 17.6. The monoisotopic (exact) mass is 339 g/mol. The zero-order valence-electron chi connectivity index (χ0n) is 14.0. The summed E-state index contributed by atoms with van der Waals surface area (Å²) in [5.74, 6) is -0.191. The van der Waals surface area contributed by atoms with E-state index >= 15 is 0 Å². The molecule has 3 rings (SSSR count). The van der Waals surface area contributed by atoms with E-state index in [0.29, 0.717) is 18.7 Å². The molecular formula is C20H21NO4. The maximum absolute atomic E-state index is 12.0. The van der Waals surface area contributed by atoms with Crippen molar-refractivity contribution in [2.75, 3.05) is 6.54 Å². The lowest BCUT2D eigenvalue weighted by atomic mass is 10.1. The summed E-state index contributed by atoms with van der Waals surface area (Å²) in [7, 11) is 0. The molecule has 0 aliphatic heterocycles. The lowest BCUT2D eigenvalue weighted by Crippen LogP contribution is -2.28. The van der Waals surface area contributed by atoms with Crippen LogP contribution in [0.25, 0.3) is 11.1 Å². The summed E-state index contributed by atoms with van der Waals surface area (Å²) < 4.78 is 5.49. The molecule has 5 heteroatoms. The van der Waals surface area contributed by atoms with Gasteiger partial charge in [0.15, 0.2) is 0 Å². The van der Waals surface area contributed by atoms with Crippen LogP contribution in [0.15, 0.2) is 42.5 Å². The number of rotatable bonds is 7. The van der Waals surface area contributed by atoms with Gasteiger partial charge in [-0.3, -0.25) is 4.79 Å². The van der Waals surface area contributed by atoms with Gasteiger partial charge in [0.05, 0.1) is 0 Å². The van der Waals surface area contributed by atoms with E-state index in [1.807, 2.05) is 30.3 Å². The van der Waals surface area contributed by atoms with Crippen LogP contribution in [0, 0.1) is 0 Å². The van der Waals surface area contributed by atoms with E-state index in [1.165, 1.54) is 11.1 Å². The van der Waals surface area contributed by atoms with Crippen molar-refractivity contribution in [1.82, 2.24) is 5.32 Å². The van der Waals surface area contributed by atoms with Gasteiger partial charge in [-0.25, -0.2) is 4.79 Å². The first-order chi connectivity index (χ1) is 12.1. The fourth-order valence-electron chi connectivity index (χ4n) is 3.13. The molecule has 5 nitrogen and oxygen atoms in total. The van der Waals surface area contributed by atoms with Crippen LogP contribution in [0.4, 0.5) is 4.79 Å². The quantitative estimate of drug-likeness (QED) is 0.638. The Hall–Kier alpha value is -2.82. The van der Waals surface area contributed by atoms with Gasteiger partial charge in [0.25, 0.3) is 0 Å². The number of hydrogen-bond acceptors (Lipinski definition) is 3. The third-order valence-electron chi connectivity index (χ3n) is 4.35. The van der Waals surface area contributed by atoms with Crippen LogP contribution < -0.4 is 10.1 Å². The van der Waals surface area contributed by atoms with Crippen LogP contribution in [0.3, 0.4) is 0 Å². The number of carboxylic acid groups (broad SMARTS) is 1. The molecule has 0 spiro atoms. The third-order valence-corrected chi connectivity index (χ3v) is 4.35. The number of amides is 1. The van der Waals surface area contributed by atoms with E-state index in [0.717, 1.165) is 30.4 Å². The second-order valence-electron chi connectivity index (χ2n) is 6.14. The Morgan fingerprint density at radius 3 is 2.64 bits per heavy atom. The number of hydrogen-bond donors (Lipinski definition) is 2. The first-order valence-corrected chi connectivity index (χ1v) is 8.53. The van der Waals surface area contributed by atoms with Crippen molar-refractivity contribution in [1.29, 1.82) is 0 Å². The molecular weight excluding hydrogens is 318 g/mol. The fourth-order valence-corrected chi connectivity index (χ4v) is 3.13. The molecule has 1 aliphatic carbocycles. The Bertz CT molecular complexity index is 785. The SMILES string of the molecule is O=C(O)CCCCCNC(=O)Oc1cccc2c1Cc1ccccc1-2. The predicted octanol–water partition coefficient (Wildman–Crippen LogP) is 3.99. The van der Waals surface area contributed by atoms with Crippen LogP contribution in [0.1, 0.15) is 36.8 Å². The Balaban J connectivity index is 1.53. The molecule has 2 aromatic rings. The maximum Gasteiger partial charge on any atom is 0.412 e. The lowest BCUT2D eigenvalue weighted by molar-refractivity contribution is -0.137. The molecule has 0 saturated heterocycles. The molecule has 2 aromatic carbocycles. The number of carboxylic acids is 1. The van der Waals surface area contributed by atoms with Crippen LogP contribution in [0.2, 0.25) is 0 Å². The van der Waals surface area contributed by atoms with Crippen molar-refractivity contribution in [2.24, 2.45) is 0 Å². The van der Waals surface area contributed by atoms with Gasteiger partial charge in [-0.2, -0.15) is 0 Å². The van der Waals surface area contributed by atoms with Gasteiger partial charge in [-0.05, 0) is 35.6 Å². The van der Waals surface area contributed by atoms with E-state index in [2.05, 4.69) is 17.4 Å². The van der Waals surface area contributed by atoms with Crippen LogP contribution in [-0.4, -0.2) is 23.7 Å².